The number of ether oxygens (including phenoxy) is 2. The van der Waals surface area contributed by atoms with Crippen LogP contribution in [0.25, 0.3) is 0 Å². The zero-order valence-electron chi connectivity index (χ0n) is 19.1. The molecule has 1 amide bonds. The first-order chi connectivity index (χ1) is 14.9. The number of nitrogens with one attached hydrogen (secondary N) is 1. The molecule has 0 bridgehead atoms. The Bertz CT molecular complexity index is 893. The van der Waals surface area contributed by atoms with E-state index in [0.29, 0.717) is 24.7 Å². The number of benzene rings is 1. The largest absolute Gasteiger partial charge is 0.494 e. The molecule has 31 heavy (non-hydrogen) atoms. The van der Waals surface area contributed by atoms with Gasteiger partial charge in [0.15, 0.2) is 0 Å². The zero-order chi connectivity index (χ0) is 22.4. The average molecular weight is 427 g/mol. The van der Waals surface area contributed by atoms with Crippen LogP contribution >= 0.6 is 0 Å². The standard InChI is InChI=1S/C25H34N2O4/c1-5-30-22-13-11-21(12-14-22)26-24(28)20-9-7-19(8-10-20)16-27-17(3)15-23(18(27)4)25(29)31-6-2/h11-15,19-20H,5-10,16H2,1-4H3,(H,26,28). The lowest BCUT2D eigenvalue weighted by molar-refractivity contribution is -0.121. The summed E-state index contributed by atoms with van der Waals surface area (Å²) in [5.74, 6) is 1.21. The number of carbonyl (C=O) groups excluding carboxylic acids is 2. The summed E-state index contributed by atoms with van der Waals surface area (Å²) >= 11 is 0. The van der Waals surface area contributed by atoms with Crippen LogP contribution in [0.4, 0.5) is 5.69 Å². The molecule has 1 saturated carbocycles. The van der Waals surface area contributed by atoms with Crippen LogP contribution in [0.1, 0.15) is 61.3 Å². The van der Waals surface area contributed by atoms with Crippen molar-refractivity contribution in [3.8, 4) is 5.75 Å². The number of aryl methyl sites for hydroxylation is 1. The Morgan fingerprint density at radius 3 is 2.32 bits per heavy atom. The Labute approximate surface area is 184 Å². The molecule has 1 aliphatic carbocycles. The normalized spacial score (nSPS) is 18.5. The molecule has 0 aliphatic heterocycles. The summed E-state index contributed by atoms with van der Waals surface area (Å²) in [5, 5.41) is 3.04. The van der Waals surface area contributed by atoms with Crippen molar-refractivity contribution in [1.82, 2.24) is 4.57 Å². The number of hydrogen-bond acceptors (Lipinski definition) is 4. The molecule has 1 aromatic heterocycles. The van der Waals surface area contributed by atoms with Crippen molar-refractivity contribution in [3.63, 3.8) is 0 Å². The Hall–Kier alpha value is -2.76. The van der Waals surface area contributed by atoms with Crippen LogP contribution in [-0.4, -0.2) is 29.7 Å². The van der Waals surface area contributed by atoms with Gasteiger partial charge in [-0.2, -0.15) is 0 Å². The molecular weight excluding hydrogens is 392 g/mol. The molecule has 1 fully saturated rings. The molecular formula is C25H34N2O4. The smallest absolute Gasteiger partial charge is 0.339 e. The molecule has 1 aliphatic rings. The molecule has 6 nitrogen and oxygen atoms in total. The number of aromatic nitrogens is 1. The van der Waals surface area contributed by atoms with Crippen molar-refractivity contribution in [2.45, 2.75) is 59.9 Å². The van der Waals surface area contributed by atoms with E-state index in [2.05, 4.69) is 9.88 Å². The minimum atomic E-state index is -0.253. The first-order valence-electron chi connectivity index (χ1n) is 11.3. The second kappa shape index (κ2) is 10.5. The summed E-state index contributed by atoms with van der Waals surface area (Å²) in [6.45, 7) is 9.67. The summed E-state index contributed by atoms with van der Waals surface area (Å²) in [6.07, 6.45) is 3.79. The van der Waals surface area contributed by atoms with Gasteiger partial charge in [0.25, 0.3) is 0 Å². The highest BCUT2D eigenvalue weighted by Gasteiger charge is 2.27. The van der Waals surface area contributed by atoms with Gasteiger partial charge in [0.1, 0.15) is 5.75 Å². The van der Waals surface area contributed by atoms with E-state index in [9.17, 15) is 9.59 Å². The molecule has 0 unspecified atom stereocenters. The van der Waals surface area contributed by atoms with E-state index in [1.807, 2.05) is 58.0 Å². The molecule has 3 rings (SSSR count). The Kier molecular flexibility index (Phi) is 7.77. The molecule has 168 valence electrons. The molecule has 1 N–H and O–H groups in total. The fourth-order valence-corrected chi connectivity index (χ4v) is 4.41. The summed E-state index contributed by atoms with van der Waals surface area (Å²) in [4.78, 5) is 24.8. The number of esters is 1. The number of amides is 1. The van der Waals surface area contributed by atoms with Crippen molar-refractivity contribution in [3.05, 3.63) is 47.3 Å². The van der Waals surface area contributed by atoms with Crippen LogP contribution in [0.5, 0.6) is 5.75 Å². The monoisotopic (exact) mass is 426 g/mol. The van der Waals surface area contributed by atoms with Crippen LogP contribution in [0.2, 0.25) is 0 Å². The van der Waals surface area contributed by atoms with Crippen LogP contribution in [0.15, 0.2) is 30.3 Å². The number of nitrogens with zero attached hydrogens (tertiary/aromatic N) is 1. The van der Waals surface area contributed by atoms with E-state index in [1.54, 1.807) is 0 Å². The van der Waals surface area contributed by atoms with E-state index in [-0.39, 0.29) is 17.8 Å². The van der Waals surface area contributed by atoms with Crippen molar-refractivity contribution < 1.29 is 19.1 Å². The summed E-state index contributed by atoms with van der Waals surface area (Å²) < 4.78 is 12.8. The van der Waals surface area contributed by atoms with E-state index >= 15 is 0 Å². The fraction of sp³-hybridized carbons (Fsp3) is 0.520. The minimum absolute atomic E-state index is 0.0461. The number of hydrogen-bond donors (Lipinski definition) is 1. The average Bonchev–Trinajstić information content (AvgIpc) is 3.04. The van der Waals surface area contributed by atoms with Crippen LogP contribution in [0, 0.1) is 25.7 Å². The predicted molar refractivity (Wildman–Crippen MR) is 122 cm³/mol. The summed E-state index contributed by atoms with van der Waals surface area (Å²) in [5.41, 5.74) is 3.51. The van der Waals surface area contributed by atoms with Crippen molar-refractivity contribution in [1.29, 1.82) is 0 Å². The van der Waals surface area contributed by atoms with Gasteiger partial charge >= 0.3 is 5.97 Å². The summed E-state index contributed by atoms with van der Waals surface area (Å²) in [7, 11) is 0. The van der Waals surface area contributed by atoms with E-state index in [4.69, 9.17) is 9.47 Å². The third-order valence-electron chi connectivity index (χ3n) is 6.16. The van der Waals surface area contributed by atoms with Gasteiger partial charge in [0.05, 0.1) is 18.8 Å². The maximum Gasteiger partial charge on any atom is 0.339 e. The van der Waals surface area contributed by atoms with Crippen molar-refractivity contribution in [2.75, 3.05) is 18.5 Å². The third-order valence-corrected chi connectivity index (χ3v) is 6.16. The zero-order valence-corrected chi connectivity index (χ0v) is 19.1. The maximum absolute atomic E-state index is 12.7. The molecule has 6 heteroatoms. The van der Waals surface area contributed by atoms with Crippen LogP contribution in [-0.2, 0) is 16.1 Å². The predicted octanol–water partition coefficient (Wildman–Crippen LogP) is 5.13. The highest BCUT2D eigenvalue weighted by Crippen LogP contribution is 2.32. The molecule has 0 radical (unpaired) electrons. The van der Waals surface area contributed by atoms with Gasteiger partial charge in [-0.3, -0.25) is 4.79 Å². The first-order valence-corrected chi connectivity index (χ1v) is 11.3. The highest BCUT2D eigenvalue weighted by molar-refractivity contribution is 5.92. The lowest BCUT2D eigenvalue weighted by Gasteiger charge is -2.29. The Morgan fingerprint density at radius 1 is 1.03 bits per heavy atom. The Balaban J connectivity index is 1.52. The van der Waals surface area contributed by atoms with Crippen molar-refractivity contribution >= 4 is 17.6 Å². The SMILES string of the molecule is CCOC(=O)c1cc(C)n(CC2CCC(C(=O)Nc3ccc(OCC)cc3)CC2)c1C. The van der Waals surface area contributed by atoms with Gasteiger partial charge in [-0.05, 0) is 89.6 Å². The fourth-order valence-electron chi connectivity index (χ4n) is 4.41. The van der Waals surface area contributed by atoms with Gasteiger partial charge in [-0.15, -0.1) is 0 Å². The lowest BCUT2D eigenvalue weighted by Crippen LogP contribution is -2.28. The van der Waals surface area contributed by atoms with Gasteiger partial charge in [-0.25, -0.2) is 4.79 Å². The van der Waals surface area contributed by atoms with E-state index in [0.717, 1.165) is 55.1 Å². The van der Waals surface area contributed by atoms with Gasteiger partial charge in [0, 0.05) is 29.5 Å². The minimum Gasteiger partial charge on any atom is -0.494 e. The lowest BCUT2D eigenvalue weighted by atomic mass is 9.81. The van der Waals surface area contributed by atoms with Crippen LogP contribution < -0.4 is 10.1 Å². The maximum atomic E-state index is 12.7. The van der Waals surface area contributed by atoms with Gasteiger partial charge in [0.2, 0.25) is 5.91 Å². The molecule has 0 atom stereocenters. The van der Waals surface area contributed by atoms with Crippen molar-refractivity contribution in [2.24, 2.45) is 11.8 Å². The first kappa shape index (κ1) is 22.9. The Morgan fingerprint density at radius 2 is 1.71 bits per heavy atom. The molecule has 0 spiro atoms. The molecule has 1 aromatic carbocycles. The van der Waals surface area contributed by atoms with Gasteiger partial charge in [-0.1, -0.05) is 0 Å². The van der Waals surface area contributed by atoms with Crippen LogP contribution in [0.3, 0.4) is 0 Å². The molecule has 2 aromatic rings. The van der Waals surface area contributed by atoms with Gasteiger partial charge < -0.3 is 19.4 Å². The number of anilines is 1. The second-order valence-electron chi connectivity index (χ2n) is 8.28. The molecule has 1 heterocycles. The third kappa shape index (κ3) is 5.69. The topological polar surface area (TPSA) is 69.6 Å². The second-order valence-corrected chi connectivity index (χ2v) is 8.28. The summed E-state index contributed by atoms with van der Waals surface area (Å²) in [6, 6.07) is 9.44. The molecule has 0 saturated heterocycles. The highest BCUT2D eigenvalue weighted by atomic mass is 16.5. The number of carbonyl (C=O) groups is 2. The quantitative estimate of drug-likeness (QED) is 0.595. The van der Waals surface area contributed by atoms with E-state index < -0.39 is 0 Å². The van der Waals surface area contributed by atoms with E-state index in [1.165, 1.54) is 0 Å². The number of rotatable bonds is 8.